The lowest BCUT2D eigenvalue weighted by Gasteiger charge is -2.19. The monoisotopic (exact) mass is 555 g/mol. The van der Waals surface area contributed by atoms with Crippen molar-refractivity contribution in [1.29, 1.82) is 0 Å². The number of benzene rings is 3. The molecule has 2 heterocycles. The zero-order valence-corrected chi connectivity index (χ0v) is 23.5. The molecule has 0 spiro atoms. The first-order chi connectivity index (χ1) is 19.2. The molecule has 4 aromatic rings. The highest BCUT2D eigenvalue weighted by molar-refractivity contribution is 7.16. The number of amides is 2. The quantitative estimate of drug-likeness (QED) is 0.252. The van der Waals surface area contributed by atoms with Gasteiger partial charge in [0.2, 0.25) is 5.91 Å². The van der Waals surface area contributed by atoms with Crippen molar-refractivity contribution in [3.8, 4) is 0 Å². The molecule has 1 aliphatic rings. The first-order valence-electron chi connectivity index (χ1n) is 12.7. The van der Waals surface area contributed by atoms with E-state index in [1.54, 1.807) is 59.9 Å². The molecule has 1 N–H and O–H groups in total. The van der Waals surface area contributed by atoms with Crippen LogP contribution in [0.2, 0.25) is 0 Å². The Morgan fingerprint density at radius 1 is 0.975 bits per heavy atom. The number of hydrogen-bond donors (Lipinski definition) is 1. The fourth-order valence-electron chi connectivity index (χ4n) is 4.58. The number of methoxy groups -OCH3 is 1. The van der Waals surface area contributed by atoms with E-state index in [0.29, 0.717) is 40.3 Å². The lowest BCUT2D eigenvalue weighted by molar-refractivity contribution is -0.115. The summed E-state index contributed by atoms with van der Waals surface area (Å²) in [5, 5.41) is 2.90. The predicted octanol–water partition coefficient (Wildman–Crippen LogP) is 4.57. The fourth-order valence-corrected chi connectivity index (χ4v) is 5.24. The van der Waals surface area contributed by atoms with Crippen LogP contribution in [-0.4, -0.2) is 79.6 Å². The summed E-state index contributed by atoms with van der Waals surface area (Å²) < 4.78 is 5.86. The standard InChI is InChI=1S/C30H29N5O4S/c1-34(2)13-14-35(3)29(37)18-5-9-21(10-6-18)32-27(19-8-12-25-24(15-19)31-17-40-25)26-22-11-7-20(30(38)39-4)16-23(22)33-28(26)36/h5-12,15-17,26H,13-14H2,1-4H3,(H,33,36). The van der Waals surface area contributed by atoms with E-state index in [1.807, 2.05) is 37.2 Å². The second-order valence-corrected chi connectivity index (χ2v) is 10.7. The van der Waals surface area contributed by atoms with Crippen molar-refractivity contribution < 1.29 is 19.1 Å². The second kappa shape index (κ2) is 11.4. The van der Waals surface area contributed by atoms with Gasteiger partial charge >= 0.3 is 5.97 Å². The third-order valence-electron chi connectivity index (χ3n) is 6.80. The van der Waals surface area contributed by atoms with Crippen LogP contribution in [0.15, 0.2) is 71.2 Å². The average Bonchev–Trinajstić information content (AvgIpc) is 3.56. The molecule has 40 heavy (non-hydrogen) atoms. The van der Waals surface area contributed by atoms with Crippen LogP contribution in [0, 0.1) is 0 Å². The van der Waals surface area contributed by atoms with Gasteiger partial charge in [-0.25, -0.2) is 9.78 Å². The molecule has 1 atom stereocenters. The molecule has 1 aromatic heterocycles. The first kappa shape index (κ1) is 27.2. The van der Waals surface area contributed by atoms with Gasteiger partial charge in [-0.1, -0.05) is 12.1 Å². The topological polar surface area (TPSA) is 104 Å². The Morgan fingerprint density at radius 2 is 1.70 bits per heavy atom. The first-order valence-corrected chi connectivity index (χ1v) is 13.6. The molecule has 0 fully saturated rings. The van der Waals surface area contributed by atoms with E-state index in [1.165, 1.54) is 18.4 Å². The number of rotatable bonds is 8. The number of carbonyl (C=O) groups excluding carboxylic acids is 3. The van der Waals surface area contributed by atoms with Crippen LogP contribution < -0.4 is 5.32 Å². The molecule has 0 saturated carbocycles. The van der Waals surface area contributed by atoms with Gasteiger partial charge in [0.25, 0.3) is 5.91 Å². The molecule has 10 heteroatoms. The van der Waals surface area contributed by atoms with Gasteiger partial charge in [-0.2, -0.15) is 0 Å². The lowest BCUT2D eigenvalue weighted by atomic mass is 9.90. The summed E-state index contributed by atoms with van der Waals surface area (Å²) >= 11 is 1.54. The number of likely N-dealkylation sites (N-methyl/N-ethyl adjacent to an activating group) is 2. The van der Waals surface area contributed by atoms with E-state index in [9.17, 15) is 14.4 Å². The van der Waals surface area contributed by atoms with Crippen LogP contribution in [-0.2, 0) is 9.53 Å². The van der Waals surface area contributed by atoms with Crippen molar-refractivity contribution in [3.05, 3.63) is 88.4 Å². The number of ether oxygens (including phenoxy) is 1. The molecule has 0 bridgehead atoms. The van der Waals surface area contributed by atoms with Crippen LogP contribution >= 0.6 is 11.3 Å². The Kier molecular flexibility index (Phi) is 7.72. The number of carbonyl (C=O) groups is 3. The zero-order chi connectivity index (χ0) is 28.4. The minimum Gasteiger partial charge on any atom is -0.465 e. The van der Waals surface area contributed by atoms with Crippen LogP contribution in [0.4, 0.5) is 11.4 Å². The Labute approximate surface area is 236 Å². The second-order valence-electron chi connectivity index (χ2n) is 9.82. The summed E-state index contributed by atoms with van der Waals surface area (Å²) in [7, 11) is 7.04. The summed E-state index contributed by atoms with van der Waals surface area (Å²) in [6.45, 7) is 1.38. The number of hydrogen-bond acceptors (Lipinski definition) is 8. The number of anilines is 1. The van der Waals surface area contributed by atoms with Crippen LogP contribution in [0.3, 0.4) is 0 Å². The van der Waals surface area contributed by atoms with Crippen LogP contribution in [0.5, 0.6) is 0 Å². The molecule has 5 rings (SSSR count). The average molecular weight is 556 g/mol. The SMILES string of the molecule is COC(=O)c1ccc2c(c1)NC(=O)C2C(=Nc1ccc(C(=O)N(C)CCN(C)C)cc1)c1ccc2scnc2c1. The molecule has 9 nitrogen and oxygen atoms in total. The molecular formula is C30H29N5O4S. The molecule has 2 amide bonds. The Hall–Kier alpha value is -4.41. The third-order valence-corrected chi connectivity index (χ3v) is 7.61. The van der Waals surface area contributed by atoms with Crippen LogP contribution in [0.1, 0.15) is 37.8 Å². The summed E-state index contributed by atoms with van der Waals surface area (Å²) in [6.07, 6.45) is 0. The van der Waals surface area contributed by atoms with Crippen LogP contribution in [0.25, 0.3) is 10.2 Å². The highest BCUT2D eigenvalue weighted by atomic mass is 32.1. The number of aromatic nitrogens is 1. The van der Waals surface area contributed by atoms with Gasteiger partial charge in [-0.05, 0) is 73.8 Å². The Balaban J connectivity index is 1.53. The minimum absolute atomic E-state index is 0.0721. The maximum atomic E-state index is 13.4. The van der Waals surface area contributed by atoms with Crippen molar-refractivity contribution in [1.82, 2.24) is 14.8 Å². The Bertz CT molecular complexity index is 1630. The van der Waals surface area contributed by atoms with Gasteiger partial charge in [0, 0.05) is 31.4 Å². The van der Waals surface area contributed by atoms with Gasteiger partial charge in [0.1, 0.15) is 5.92 Å². The third kappa shape index (κ3) is 5.49. The van der Waals surface area contributed by atoms with Crippen molar-refractivity contribution in [2.45, 2.75) is 5.92 Å². The maximum absolute atomic E-state index is 13.4. The van der Waals surface area contributed by atoms with Crippen molar-refractivity contribution >= 4 is 56.4 Å². The summed E-state index contributed by atoms with van der Waals surface area (Å²) in [6, 6.07) is 17.9. The van der Waals surface area contributed by atoms with Gasteiger partial charge < -0.3 is 19.9 Å². The lowest BCUT2D eigenvalue weighted by Crippen LogP contribution is -2.33. The number of aliphatic imine (C=N–C) groups is 1. The van der Waals surface area contributed by atoms with Gasteiger partial charge in [-0.15, -0.1) is 11.3 Å². The predicted molar refractivity (Wildman–Crippen MR) is 157 cm³/mol. The number of nitrogens with zero attached hydrogens (tertiary/aromatic N) is 4. The summed E-state index contributed by atoms with van der Waals surface area (Å²) in [5.74, 6) is -1.51. The number of nitrogens with one attached hydrogen (secondary N) is 1. The van der Waals surface area contributed by atoms with E-state index in [0.717, 1.165) is 22.3 Å². The van der Waals surface area contributed by atoms with Gasteiger partial charge in [0.15, 0.2) is 0 Å². The minimum atomic E-state index is -0.712. The van der Waals surface area contributed by atoms with E-state index < -0.39 is 11.9 Å². The maximum Gasteiger partial charge on any atom is 0.337 e. The molecule has 1 unspecified atom stereocenters. The molecule has 3 aromatic carbocycles. The number of esters is 1. The highest BCUT2D eigenvalue weighted by Gasteiger charge is 2.36. The molecule has 1 aliphatic heterocycles. The van der Waals surface area contributed by atoms with Gasteiger partial charge in [-0.3, -0.25) is 14.6 Å². The zero-order valence-electron chi connectivity index (χ0n) is 22.7. The molecule has 0 saturated heterocycles. The largest absolute Gasteiger partial charge is 0.465 e. The molecule has 204 valence electrons. The normalized spacial score (nSPS) is 14.8. The number of thiazole rings is 1. The van der Waals surface area contributed by atoms with E-state index >= 15 is 0 Å². The number of fused-ring (bicyclic) bond motifs is 2. The van der Waals surface area contributed by atoms with E-state index in [-0.39, 0.29) is 11.8 Å². The smallest absolute Gasteiger partial charge is 0.337 e. The van der Waals surface area contributed by atoms with Crippen molar-refractivity contribution in [2.24, 2.45) is 4.99 Å². The highest BCUT2D eigenvalue weighted by Crippen LogP contribution is 2.37. The summed E-state index contributed by atoms with van der Waals surface area (Å²) in [4.78, 5) is 51.4. The molecular weight excluding hydrogens is 526 g/mol. The van der Waals surface area contributed by atoms with E-state index in [4.69, 9.17) is 9.73 Å². The Morgan fingerprint density at radius 3 is 2.42 bits per heavy atom. The van der Waals surface area contributed by atoms with Crippen molar-refractivity contribution in [3.63, 3.8) is 0 Å². The van der Waals surface area contributed by atoms with E-state index in [2.05, 4.69) is 10.3 Å². The van der Waals surface area contributed by atoms with Crippen molar-refractivity contribution in [2.75, 3.05) is 46.7 Å². The fraction of sp³-hybridized carbons (Fsp3) is 0.233. The molecule has 0 aliphatic carbocycles. The van der Waals surface area contributed by atoms with Gasteiger partial charge in [0.05, 0.1) is 39.8 Å². The molecule has 0 radical (unpaired) electrons. The summed E-state index contributed by atoms with van der Waals surface area (Å²) in [5.41, 5.74) is 6.66.